The van der Waals surface area contributed by atoms with Crippen molar-refractivity contribution in [3.8, 4) is 0 Å². The molecule has 1 aromatic rings. The minimum atomic E-state index is 0.406. The molecule has 1 aliphatic heterocycles. The van der Waals surface area contributed by atoms with Gasteiger partial charge in [-0.05, 0) is 43.1 Å². The summed E-state index contributed by atoms with van der Waals surface area (Å²) >= 11 is 6.26. The highest BCUT2D eigenvalue weighted by Gasteiger charge is 2.12. The van der Waals surface area contributed by atoms with E-state index in [9.17, 15) is 0 Å². The minimum Gasteiger partial charge on any atom is -0.300 e. The Morgan fingerprint density at radius 2 is 2.00 bits per heavy atom. The van der Waals surface area contributed by atoms with E-state index in [2.05, 4.69) is 15.8 Å². The number of nitrogens with zero attached hydrogens (tertiary/aromatic N) is 1. The van der Waals surface area contributed by atoms with Crippen LogP contribution in [0.15, 0.2) is 18.2 Å². The normalized spacial score (nSPS) is 17.3. The molecule has 0 saturated carbocycles. The molecule has 1 fully saturated rings. The fourth-order valence-corrected chi connectivity index (χ4v) is 2.53. The molecule has 94 valence electrons. The van der Waals surface area contributed by atoms with Gasteiger partial charge < -0.3 is 0 Å². The topological polar surface area (TPSA) is 38.5 Å². The molecule has 0 aliphatic carbocycles. The maximum atomic E-state index is 6.26. The van der Waals surface area contributed by atoms with Crippen LogP contribution in [0.5, 0.6) is 0 Å². The molecule has 0 bridgehead atoms. The van der Waals surface area contributed by atoms with Crippen LogP contribution in [-0.2, 0) is 18.0 Å². The number of rotatable bonds is 4. The van der Waals surface area contributed by atoms with E-state index < -0.39 is 0 Å². The lowest BCUT2D eigenvalue weighted by Gasteiger charge is -2.26. The number of likely N-dealkylation sites (tertiary alicyclic amines) is 1. The van der Waals surface area contributed by atoms with Gasteiger partial charge in [-0.3, -0.25) is 9.74 Å². The van der Waals surface area contributed by atoms with E-state index in [0.717, 1.165) is 17.1 Å². The number of halogens is 1. The average Bonchev–Trinajstić information content (AvgIpc) is 2.34. The van der Waals surface area contributed by atoms with Crippen LogP contribution in [0.3, 0.4) is 0 Å². The summed E-state index contributed by atoms with van der Waals surface area (Å²) in [6.07, 6.45) is 3.96. The number of piperidine rings is 1. The maximum Gasteiger partial charge on any atom is 0.0930 e. The SMILES string of the molecule is NOCc1ccc(CN2CCCCC2)c(Cl)c1. The van der Waals surface area contributed by atoms with Gasteiger partial charge in [-0.15, -0.1) is 0 Å². The molecule has 17 heavy (non-hydrogen) atoms. The summed E-state index contributed by atoms with van der Waals surface area (Å²) in [4.78, 5) is 7.07. The Balaban J connectivity index is 2.00. The molecular weight excluding hydrogens is 236 g/mol. The fourth-order valence-electron chi connectivity index (χ4n) is 2.26. The van der Waals surface area contributed by atoms with Crippen molar-refractivity contribution < 1.29 is 4.84 Å². The van der Waals surface area contributed by atoms with Crippen LogP contribution in [0.2, 0.25) is 5.02 Å². The largest absolute Gasteiger partial charge is 0.300 e. The molecule has 0 spiro atoms. The van der Waals surface area contributed by atoms with Gasteiger partial charge in [0.05, 0.1) is 6.61 Å². The minimum absolute atomic E-state index is 0.406. The third kappa shape index (κ3) is 3.68. The lowest BCUT2D eigenvalue weighted by Crippen LogP contribution is -2.29. The Hall–Kier alpha value is -0.610. The molecule has 2 rings (SSSR count). The van der Waals surface area contributed by atoms with Crippen molar-refractivity contribution >= 4 is 11.6 Å². The summed E-state index contributed by atoms with van der Waals surface area (Å²) in [6.45, 7) is 3.72. The Bertz CT molecular complexity index is 364. The lowest BCUT2D eigenvalue weighted by molar-refractivity contribution is 0.124. The summed E-state index contributed by atoms with van der Waals surface area (Å²) in [5.74, 6) is 5.05. The van der Waals surface area contributed by atoms with Crippen molar-refractivity contribution in [2.75, 3.05) is 13.1 Å². The quantitative estimate of drug-likeness (QED) is 0.840. The van der Waals surface area contributed by atoms with Gasteiger partial charge in [0, 0.05) is 11.6 Å². The number of hydrogen-bond acceptors (Lipinski definition) is 3. The van der Waals surface area contributed by atoms with E-state index in [0.29, 0.717) is 6.61 Å². The van der Waals surface area contributed by atoms with Crippen LogP contribution in [0.1, 0.15) is 30.4 Å². The van der Waals surface area contributed by atoms with Crippen LogP contribution < -0.4 is 5.90 Å². The van der Waals surface area contributed by atoms with E-state index in [-0.39, 0.29) is 0 Å². The monoisotopic (exact) mass is 254 g/mol. The molecule has 2 N–H and O–H groups in total. The maximum absolute atomic E-state index is 6.26. The molecule has 0 radical (unpaired) electrons. The Morgan fingerprint density at radius 1 is 1.24 bits per heavy atom. The van der Waals surface area contributed by atoms with Gasteiger partial charge in [0.15, 0.2) is 0 Å². The van der Waals surface area contributed by atoms with E-state index >= 15 is 0 Å². The third-order valence-corrected chi connectivity index (χ3v) is 3.56. The number of benzene rings is 1. The van der Waals surface area contributed by atoms with Gasteiger partial charge in [-0.25, -0.2) is 5.90 Å². The first-order valence-corrected chi connectivity index (χ1v) is 6.49. The van der Waals surface area contributed by atoms with E-state index in [1.54, 1.807) is 0 Å². The molecule has 1 saturated heterocycles. The molecule has 4 heteroatoms. The third-order valence-electron chi connectivity index (χ3n) is 3.21. The van der Waals surface area contributed by atoms with Crippen molar-refractivity contribution in [1.82, 2.24) is 4.90 Å². The first-order chi connectivity index (χ1) is 8.29. The Kier molecular flexibility index (Phi) is 4.80. The molecule has 0 atom stereocenters. The first kappa shape index (κ1) is 12.8. The van der Waals surface area contributed by atoms with Crippen LogP contribution in [0.4, 0.5) is 0 Å². The zero-order valence-electron chi connectivity index (χ0n) is 9.99. The second-order valence-corrected chi connectivity index (χ2v) is 4.98. The van der Waals surface area contributed by atoms with Crippen molar-refractivity contribution in [3.05, 3.63) is 34.3 Å². The van der Waals surface area contributed by atoms with Gasteiger partial charge in [0.1, 0.15) is 0 Å². The molecule has 3 nitrogen and oxygen atoms in total. The fraction of sp³-hybridized carbons (Fsp3) is 0.538. The molecule has 0 aromatic heterocycles. The van der Waals surface area contributed by atoms with Gasteiger partial charge >= 0.3 is 0 Å². The van der Waals surface area contributed by atoms with Crippen LogP contribution >= 0.6 is 11.6 Å². The summed E-state index contributed by atoms with van der Waals surface area (Å²) in [6, 6.07) is 6.04. The predicted octanol–water partition coefficient (Wildman–Crippen LogP) is 2.72. The highest BCUT2D eigenvalue weighted by atomic mass is 35.5. The van der Waals surface area contributed by atoms with Crippen molar-refractivity contribution in [3.63, 3.8) is 0 Å². The summed E-state index contributed by atoms with van der Waals surface area (Å²) in [5.41, 5.74) is 2.20. The van der Waals surface area contributed by atoms with Gasteiger partial charge in [-0.2, -0.15) is 0 Å². The van der Waals surface area contributed by atoms with Crippen molar-refractivity contribution in [1.29, 1.82) is 0 Å². The smallest absolute Gasteiger partial charge is 0.0930 e. The molecule has 0 unspecified atom stereocenters. The molecular formula is C13H19ClN2O. The van der Waals surface area contributed by atoms with Crippen molar-refractivity contribution in [2.24, 2.45) is 5.90 Å². The van der Waals surface area contributed by atoms with Crippen molar-refractivity contribution in [2.45, 2.75) is 32.4 Å². The first-order valence-electron chi connectivity index (χ1n) is 6.11. The van der Waals surface area contributed by atoms with Gasteiger partial charge in [0.2, 0.25) is 0 Å². The van der Waals surface area contributed by atoms with Crippen LogP contribution in [-0.4, -0.2) is 18.0 Å². The summed E-state index contributed by atoms with van der Waals surface area (Å²) in [5, 5.41) is 0.810. The molecule has 1 heterocycles. The van der Waals surface area contributed by atoms with Gasteiger partial charge in [-0.1, -0.05) is 30.2 Å². The highest BCUT2D eigenvalue weighted by molar-refractivity contribution is 6.31. The van der Waals surface area contributed by atoms with Crippen LogP contribution in [0.25, 0.3) is 0 Å². The predicted molar refractivity (Wildman–Crippen MR) is 69.6 cm³/mol. The Labute approximate surface area is 107 Å². The molecule has 0 amide bonds. The second kappa shape index (κ2) is 6.36. The highest BCUT2D eigenvalue weighted by Crippen LogP contribution is 2.21. The zero-order valence-corrected chi connectivity index (χ0v) is 10.7. The second-order valence-electron chi connectivity index (χ2n) is 4.57. The number of hydrogen-bond donors (Lipinski definition) is 1. The summed E-state index contributed by atoms with van der Waals surface area (Å²) in [7, 11) is 0. The molecule has 1 aliphatic rings. The number of nitrogens with two attached hydrogens (primary N) is 1. The Morgan fingerprint density at radius 3 is 2.65 bits per heavy atom. The average molecular weight is 255 g/mol. The van der Waals surface area contributed by atoms with E-state index in [1.807, 2.05) is 12.1 Å². The van der Waals surface area contributed by atoms with Crippen LogP contribution in [0, 0.1) is 0 Å². The lowest BCUT2D eigenvalue weighted by atomic mass is 10.1. The molecule has 1 aromatic carbocycles. The van der Waals surface area contributed by atoms with E-state index in [4.69, 9.17) is 17.5 Å². The zero-order chi connectivity index (χ0) is 12.1. The van der Waals surface area contributed by atoms with E-state index in [1.165, 1.54) is 37.9 Å². The summed E-state index contributed by atoms with van der Waals surface area (Å²) < 4.78 is 0. The van der Waals surface area contributed by atoms with Gasteiger partial charge in [0.25, 0.3) is 0 Å². The standard InChI is InChI=1S/C13H19ClN2O/c14-13-8-11(10-17-15)4-5-12(13)9-16-6-2-1-3-7-16/h4-5,8H,1-3,6-7,9-10,15H2.